The van der Waals surface area contributed by atoms with Crippen LogP contribution in [-0.2, 0) is 0 Å². The molecule has 1 aliphatic rings. The fraction of sp³-hybridized carbons (Fsp3) is 0.389. The van der Waals surface area contributed by atoms with Gasteiger partial charge in [0.25, 0.3) is 5.91 Å². The van der Waals surface area contributed by atoms with Crippen LogP contribution in [0.3, 0.4) is 0 Å². The number of hydrogen-bond donors (Lipinski definition) is 1. The molecule has 1 aliphatic heterocycles. The third-order valence-electron chi connectivity index (χ3n) is 4.38. The number of rotatable bonds is 5. The largest absolute Gasteiger partial charge is 0.494 e. The lowest BCUT2D eigenvalue weighted by molar-refractivity contribution is 0.0503. The molecular weight excluding hydrogens is 327 g/mol. The van der Waals surface area contributed by atoms with E-state index in [1.165, 1.54) is 25.5 Å². The second-order valence-electron chi connectivity index (χ2n) is 5.98. The number of aliphatic hydroxyl groups excluding tert-OH is 1. The number of carbonyl (C=O) groups is 1. The lowest BCUT2D eigenvalue weighted by atomic mass is 10.1. The van der Waals surface area contributed by atoms with Gasteiger partial charge < -0.3 is 19.2 Å². The Morgan fingerprint density at radius 2 is 2.08 bits per heavy atom. The van der Waals surface area contributed by atoms with Gasteiger partial charge in [0.15, 0.2) is 17.3 Å². The lowest BCUT2D eigenvalue weighted by Gasteiger charge is -2.35. The minimum Gasteiger partial charge on any atom is -0.494 e. The number of carbonyl (C=O) groups excluding carboxylic acids is 1. The first-order valence-electron chi connectivity index (χ1n) is 8.15. The Kier molecular flexibility index (Phi) is 5.35. The zero-order valence-corrected chi connectivity index (χ0v) is 14.0. The molecule has 1 N–H and O–H groups in total. The van der Waals surface area contributed by atoms with E-state index in [2.05, 4.69) is 4.90 Å². The topological polar surface area (TPSA) is 66.2 Å². The Bertz CT molecular complexity index is 712. The van der Waals surface area contributed by atoms with Crippen molar-refractivity contribution in [3.05, 3.63) is 53.7 Å². The zero-order chi connectivity index (χ0) is 17.8. The molecule has 0 unspecified atom stereocenters. The lowest BCUT2D eigenvalue weighted by Crippen LogP contribution is -2.49. The second kappa shape index (κ2) is 7.67. The quantitative estimate of drug-likeness (QED) is 0.894. The van der Waals surface area contributed by atoms with Crippen molar-refractivity contribution in [3.63, 3.8) is 0 Å². The molecule has 25 heavy (non-hydrogen) atoms. The summed E-state index contributed by atoms with van der Waals surface area (Å²) in [6.45, 7) is 2.78. The molecule has 0 aliphatic carbocycles. The number of hydrogen-bond acceptors (Lipinski definition) is 5. The van der Waals surface area contributed by atoms with Gasteiger partial charge in [0.1, 0.15) is 0 Å². The Hall–Kier alpha value is -2.38. The van der Waals surface area contributed by atoms with Gasteiger partial charge in [-0.05, 0) is 29.8 Å². The number of amides is 1. The van der Waals surface area contributed by atoms with E-state index in [9.17, 15) is 14.3 Å². The molecule has 3 rings (SSSR count). The van der Waals surface area contributed by atoms with E-state index in [0.717, 1.165) is 0 Å². The van der Waals surface area contributed by atoms with Gasteiger partial charge in [0, 0.05) is 32.7 Å². The summed E-state index contributed by atoms with van der Waals surface area (Å²) in [5.74, 6) is -0.126. The Balaban J connectivity index is 1.53. The van der Waals surface area contributed by atoms with Crippen molar-refractivity contribution >= 4 is 5.91 Å². The Morgan fingerprint density at radius 1 is 1.32 bits per heavy atom. The highest BCUT2D eigenvalue weighted by atomic mass is 19.1. The van der Waals surface area contributed by atoms with Gasteiger partial charge in [0.2, 0.25) is 0 Å². The van der Waals surface area contributed by atoms with E-state index < -0.39 is 11.9 Å². The van der Waals surface area contributed by atoms with E-state index in [1.54, 1.807) is 23.1 Å². The van der Waals surface area contributed by atoms with E-state index in [1.807, 2.05) is 0 Å². The van der Waals surface area contributed by atoms with Crippen molar-refractivity contribution in [2.75, 3.05) is 39.8 Å². The number of furan rings is 1. The molecule has 0 bridgehead atoms. The summed E-state index contributed by atoms with van der Waals surface area (Å²) >= 11 is 0. The first kappa shape index (κ1) is 17.4. The van der Waals surface area contributed by atoms with Gasteiger partial charge in [-0.15, -0.1) is 0 Å². The minimum absolute atomic E-state index is 0.123. The van der Waals surface area contributed by atoms with Crippen LogP contribution in [0, 0.1) is 5.82 Å². The maximum Gasteiger partial charge on any atom is 0.289 e. The molecule has 0 saturated carbocycles. The molecule has 7 heteroatoms. The minimum atomic E-state index is -0.798. The van der Waals surface area contributed by atoms with E-state index in [0.29, 0.717) is 44.0 Å². The summed E-state index contributed by atoms with van der Waals surface area (Å²) in [4.78, 5) is 16.0. The average Bonchev–Trinajstić information content (AvgIpc) is 3.16. The SMILES string of the molecule is COc1ccc([C@@H](O)CN2CCN(C(=O)c3ccco3)CC2)cc1F. The molecule has 0 spiro atoms. The molecule has 1 saturated heterocycles. The van der Waals surface area contributed by atoms with Crippen LogP contribution in [0.1, 0.15) is 22.2 Å². The molecule has 1 atom stereocenters. The van der Waals surface area contributed by atoms with E-state index in [-0.39, 0.29) is 11.7 Å². The van der Waals surface area contributed by atoms with Gasteiger partial charge in [-0.25, -0.2) is 4.39 Å². The number of methoxy groups -OCH3 is 1. The maximum atomic E-state index is 13.8. The molecule has 1 aromatic carbocycles. The summed E-state index contributed by atoms with van der Waals surface area (Å²) in [6, 6.07) is 7.79. The van der Waals surface area contributed by atoms with Crippen molar-refractivity contribution in [2.45, 2.75) is 6.10 Å². The Morgan fingerprint density at radius 3 is 2.68 bits per heavy atom. The number of β-amino-alcohol motifs (C(OH)–C–C–N with tert-alkyl or cyclic N) is 1. The molecule has 0 radical (unpaired) electrons. The fourth-order valence-electron chi connectivity index (χ4n) is 2.93. The van der Waals surface area contributed by atoms with Gasteiger partial charge in [0.05, 0.1) is 19.5 Å². The summed E-state index contributed by atoms with van der Waals surface area (Å²) < 4.78 is 23.8. The number of piperazine rings is 1. The summed E-state index contributed by atoms with van der Waals surface area (Å²) in [5, 5.41) is 10.3. The highest BCUT2D eigenvalue weighted by Gasteiger charge is 2.25. The Labute approximate surface area is 145 Å². The van der Waals surface area contributed by atoms with Gasteiger partial charge in [-0.1, -0.05) is 6.07 Å². The molecular formula is C18H21FN2O4. The van der Waals surface area contributed by atoms with Crippen molar-refractivity contribution in [1.29, 1.82) is 0 Å². The van der Waals surface area contributed by atoms with Crippen LogP contribution in [0.4, 0.5) is 4.39 Å². The standard InChI is InChI=1S/C18H21FN2O4/c1-24-16-5-4-13(11-14(16)19)15(22)12-20-6-8-21(9-7-20)18(23)17-3-2-10-25-17/h2-5,10-11,15,22H,6-9,12H2,1H3/t15-/m0/s1. The van der Waals surface area contributed by atoms with Gasteiger partial charge in [-0.2, -0.15) is 0 Å². The predicted molar refractivity (Wildman–Crippen MR) is 89.0 cm³/mol. The molecule has 6 nitrogen and oxygen atoms in total. The summed E-state index contributed by atoms with van der Waals surface area (Å²) in [7, 11) is 1.40. The summed E-state index contributed by atoms with van der Waals surface area (Å²) in [5.41, 5.74) is 0.507. The molecule has 1 fully saturated rings. The van der Waals surface area contributed by atoms with Crippen molar-refractivity contribution in [1.82, 2.24) is 9.80 Å². The molecule has 2 aromatic rings. The molecule has 2 heterocycles. The van der Waals surface area contributed by atoms with Crippen molar-refractivity contribution in [2.24, 2.45) is 0 Å². The van der Waals surface area contributed by atoms with Crippen LogP contribution in [0.25, 0.3) is 0 Å². The van der Waals surface area contributed by atoms with Crippen LogP contribution in [0.15, 0.2) is 41.0 Å². The zero-order valence-electron chi connectivity index (χ0n) is 14.0. The smallest absolute Gasteiger partial charge is 0.289 e. The number of aliphatic hydroxyl groups is 1. The van der Waals surface area contributed by atoms with Crippen LogP contribution in [-0.4, -0.2) is 60.6 Å². The van der Waals surface area contributed by atoms with Crippen molar-refractivity contribution < 1.29 is 23.4 Å². The fourth-order valence-corrected chi connectivity index (χ4v) is 2.93. The second-order valence-corrected chi connectivity index (χ2v) is 5.98. The van der Waals surface area contributed by atoms with E-state index >= 15 is 0 Å². The third-order valence-corrected chi connectivity index (χ3v) is 4.38. The van der Waals surface area contributed by atoms with Crippen LogP contribution >= 0.6 is 0 Å². The monoisotopic (exact) mass is 348 g/mol. The maximum absolute atomic E-state index is 13.8. The highest BCUT2D eigenvalue weighted by molar-refractivity contribution is 5.91. The van der Waals surface area contributed by atoms with Crippen LogP contribution in [0.5, 0.6) is 5.75 Å². The predicted octanol–water partition coefficient (Wildman–Crippen LogP) is 1.92. The molecule has 134 valence electrons. The van der Waals surface area contributed by atoms with Gasteiger partial charge in [-0.3, -0.25) is 9.69 Å². The molecule has 1 aromatic heterocycles. The normalized spacial score (nSPS) is 16.7. The third kappa shape index (κ3) is 4.00. The van der Waals surface area contributed by atoms with Crippen LogP contribution < -0.4 is 4.74 Å². The first-order valence-corrected chi connectivity index (χ1v) is 8.15. The van der Waals surface area contributed by atoms with Crippen LogP contribution in [0.2, 0.25) is 0 Å². The van der Waals surface area contributed by atoms with E-state index in [4.69, 9.17) is 9.15 Å². The molecule has 1 amide bonds. The van der Waals surface area contributed by atoms with Crippen molar-refractivity contribution in [3.8, 4) is 5.75 Å². The number of nitrogens with zero attached hydrogens (tertiary/aromatic N) is 2. The first-order chi connectivity index (χ1) is 12.1. The number of benzene rings is 1. The summed E-state index contributed by atoms with van der Waals surface area (Å²) in [6.07, 6.45) is 0.682. The van der Waals surface area contributed by atoms with Gasteiger partial charge >= 0.3 is 0 Å². The number of halogens is 1. The number of ether oxygens (including phenoxy) is 1. The highest BCUT2D eigenvalue weighted by Crippen LogP contribution is 2.23. The average molecular weight is 348 g/mol.